The van der Waals surface area contributed by atoms with Crippen molar-refractivity contribution < 1.29 is 14.6 Å². The number of aliphatic hydroxyl groups excluding tert-OH is 1. The van der Waals surface area contributed by atoms with Gasteiger partial charge in [-0.05, 0) is 5.25 Å². The van der Waals surface area contributed by atoms with Crippen molar-refractivity contribution >= 4 is 11.8 Å². The number of ether oxygens (including phenoxy) is 2. The van der Waals surface area contributed by atoms with Gasteiger partial charge in [0, 0.05) is 12.9 Å². The Kier molecular flexibility index (Phi) is 8.97. The van der Waals surface area contributed by atoms with Crippen molar-refractivity contribution in [3.8, 4) is 0 Å². The van der Waals surface area contributed by atoms with Crippen LogP contribution in [-0.2, 0) is 9.47 Å². The van der Waals surface area contributed by atoms with Crippen LogP contribution in [0, 0.1) is 0 Å². The summed E-state index contributed by atoms with van der Waals surface area (Å²) < 4.78 is 9.99. The first kappa shape index (κ1) is 13.2. The highest BCUT2D eigenvalue weighted by Crippen LogP contribution is 2.10. The standard InChI is InChI=1S/C9H20O3S/c1-8(2)13-7-9(10)6-12-5-4-11-3/h8-10H,4-7H2,1-3H3. The highest BCUT2D eigenvalue weighted by atomic mass is 32.2. The van der Waals surface area contributed by atoms with Crippen LogP contribution in [-0.4, -0.2) is 49.1 Å². The molecule has 0 saturated carbocycles. The van der Waals surface area contributed by atoms with E-state index in [1.807, 2.05) is 0 Å². The maximum absolute atomic E-state index is 9.41. The van der Waals surface area contributed by atoms with Gasteiger partial charge < -0.3 is 14.6 Å². The number of methoxy groups -OCH3 is 1. The first-order valence-electron chi connectivity index (χ1n) is 4.53. The van der Waals surface area contributed by atoms with Gasteiger partial charge in [-0.1, -0.05) is 13.8 Å². The third kappa shape index (κ3) is 10.1. The maximum Gasteiger partial charge on any atom is 0.0863 e. The van der Waals surface area contributed by atoms with Crippen LogP contribution in [0.2, 0.25) is 0 Å². The second kappa shape index (κ2) is 8.81. The van der Waals surface area contributed by atoms with Crippen molar-refractivity contribution in [3.63, 3.8) is 0 Å². The summed E-state index contributed by atoms with van der Waals surface area (Å²) in [6.07, 6.45) is -0.357. The minimum atomic E-state index is -0.357. The Morgan fingerprint density at radius 2 is 2.00 bits per heavy atom. The summed E-state index contributed by atoms with van der Waals surface area (Å²) in [6.45, 7) is 5.78. The molecular weight excluding hydrogens is 188 g/mol. The van der Waals surface area contributed by atoms with Gasteiger partial charge in [-0.25, -0.2) is 0 Å². The molecule has 0 radical (unpaired) electrons. The van der Waals surface area contributed by atoms with Crippen LogP contribution in [0.4, 0.5) is 0 Å². The number of hydrogen-bond donors (Lipinski definition) is 1. The van der Waals surface area contributed by atoms with E-state index in [2.05, 4.69) is 13.8 Å². The molecule has 3 nitrogen and oxygen atoms in total. The molecule has 13 heavy (non-hydrogen) atoms. The summed E-state index contributed by atoms with van der Waals surface area (Å²) in [5.41, 5.74) is 0. The third-order valence-corrected chi connectivity index (χ3v) is 2.61. The highest BCUT2D eigenvalue weighted by Gasteiger charge is 2.05. The number of hydrogen-bond acceptors (Lipinski definition) is 4. The predicted molar refractivity (Wildman–Crippen MR) is 56.3 cm³/mol. The zero-order valence-corrected chi connectivity index (χ0v) is 9.47. The Bertz CT molecular complexity index is 109. The van der Waals surface area contributed by atoms with Gasteiger partial charge in [-0.2, -0.15) is 11.8 Å². The summed E-state index contributed by atoms with van der Waals surface area (Å²) in [4.78, 5) is 0. The normalized spacial score (nSPS) is 13.6. The molecule has 0 aliphatic carbocycles. The molecule has 0 amide bonds. The van der Waals surface area contributed by atoms with Gasteiger partial charge in [0.1, 0.15) is 0 Å². The highest BCUT2D eigenvalue weighted by molar-refractivity contribution is 7.99. The lowest BCUT2D eigenvalue weighted by Gasteiger charge is -2.12. The Morgan fingerprint density at radius 3 is 2.54 bits per heavy atom. The summed E-state index contributed by atoms with van der Waals surface area (Å²) in [6, 6.07) is 0. The Labute approximate surface area is 84.8 Å². The van der Waals surface area contributed by atoms with Gasteiger partial charge in [0.05, 0.1) is 25.9 Å². The fourth-order valence-electron chi connectivity index (χ4n) is 0.713. The Morgan fingerprint density at radius 1 is 1.31 bits per heavy atom. The van der Waals surface area contributed by atoms with Crippen LogP contribution in [0.25, 0.3) is 0 Å². The number of aliphatic hydroxyl groups is 1. The molecule has 0 aromatic heterocycles. The number of thioether (sulfide) groups is 1. The molecule has 1 unspecified atom stereocenters. The van der Waals surface area contributed by atoms with E-state index in [9.17, 15) is 5.11 Å². The van der Waals surface area contributed by atoms with E-state index in [0.717, 1.165) is 5.75 Å². The van der Waals surface area contributed by atoms with Crippen LogP contribution < -0.4 is 0 Å². The molecule has 0 fully saturated rings. The average molecular weight is 208 g/mol. The zero-order valence-electron chi connectivity index (χ0n) is 8.66. The maximum atomic E-state index is 9.41. The second-order valence-electron chi connectivity index (χ2n) is 3.10. The van der Waals surface area contributed by atoms with Crippen LogP contribution in [0.1, 0.15) is 13.8 Å². The minimum absolute atomic E-state index is 0.357. The minimum Gasteiger partial charge on any atom is -0.390 e. The van der Waals surface area contributed by atoms with Crippen molar-refractivity contribution in [1.29, 1.82) is 0 Å². The monoisotopic (exact) mass is 208 g/mol. The topological polar surface area (TPSA) is 38.7 Å². The van der Waals surface area contributed by atoms with Gasteiger partial charge in [-0.3, -0.25) is 0 Å². The largest absolute Gasteiger partial charge is 0.390 e. The average Bonchev–Trinajstić information content (AvgIpc) is 2.09. The van der Waals surface area contributed by atoms with E-state index in [1.54, 1.807) is 18.9 Å². The van der Waals surface area contributed by atoms with E-state index in [1.165, 1.54) is 0 Å². The molecule has 0 aromatic rings. The first-order chi connectivity index (χ1) is 6.16. The molecule has 0 heterocycles. The van der Waals surface area contributed by atoms with Crippen LogP contribution in [0.15, 0.2) is 0 Å². The van der Waals surface area contributed by atoms with E-state index < -0.39 is 0 Å². The summed E-state index contributed by atoms with van der Waals surface area (Å²) >= 11 is 1.74. The lowest BCUT2D eigenvalue weighted by Crippen LogP contribution is -2.20. The fraction of sp³-hybridized carbons (Fsp3) is 1.00. The molecule has 0 spiro atoms. The summed E-state index contributed by atoms with van der Waals surface area (Å²) in [5.74, 6) is 0.741. The smallest absolute Gasteiger partial charge is 0.0863 e. The SMILES string of the molecule is COCCOCC(O)CSC(C)C. The molecule has 0 aliphatic rings. The van der Waals surface area contributed by atoms with Crippen molar-refractivity contribution in [1.82, 2.24) is 0 Å². The molecule has 1 atom stereocenters. The van der Waals surface area contributed by atoms with Crippen molar-refractivity contribution in [2.24, 2.45) is 0 Å². The molecule has 0 aliphatic heterocycles. The molecule has 0 aromatic carbocycles. The molecule has 4 heteroatoms. The van der Waals surface area contributed by atoms with E-state index in [4.69, 9.17) is 9.47 Å². The number of rotatable bonds is 8. The van der Waals surface area contributed by atoms with E-state index >= 15 is 0 Å². The van der Waals surface area contributed by atoms with E-state index in [-0.39, 0.29) is 6.10 Å². The predicted octanol–water partition coefficient (Wildman–Crippen LogP) is 1.15. The van der Waals surface area contributed by atoms with Crippen molar-refractivity contribution in [2.75, 3.05) is 32.7 Å². The molecule has 0 rings (SSSR count). The van der Waals surface area contributed by atoms with E-state index in [0.29, 0.717) is 25.1 Å². The van der Waals surface area contributed by atoms with Crippen LogP contribution in [0.3, 0.4) is 0 Å². The van der Waals surface area contributed by atoms with Crippen molar-refractivity contribution in [3.05, 3.63) is 0 Å². The van der Waals surface area contributed by atoms with Gasteiger partial charge in [-0.15, -0.1) is 0 Å². The fourth-order valence-corrected chi connectivity index (χ4v) is 1.42. The Hall–Kier alpha value is 0.230. The molecule has 1 N–H and O–H groups in total. The lowest BCUT2D eigenvalue weighted by molar-refractivity contribution is 0.0218. The van der Waals surface area contributed by atoms with Gasteiger partial charge in [0.2, 0.25) is 0 Å². The van der Waals surface area contributed by atoms with Crippen molar-refractivity contribution in [2.45, 2.75) is 25.2 Å². The zero-order chi connectivity index (χ0) is 10.1. The Balaban J connectivity index is 3.15. The summed E-state index contributed by atoms with van der Waals surface area (Å²) in [5, 5.41) is 9.97. The lowest BCUT2D eigenvalue weighted by atomic mass is 10.4. The molecular formula is C9H20O3S. The summed E-state index contributed by atoms with van der Waals surface area (Å²) in [7, 11) is 1.63. The molecule has 80 valence electrons. The van der Waals surface area contributed by atoms with Gasteiger partial charge >= 0.3 is 0 Å². The third-order valence-electron chi connectivity index (χ3n) is 1.36. The van der Waals surface area contributed by atoms with Crippen LogP contribution >= 0.6 is 11.8 Å². The van der Waals surface area contributed by atoms with Gasteiger partial charge in [0.25, 0.3) is 0 Å². The second-order valence-corrected chi connectivity index (χ2v) is 4.71. The first-order valence-corrected chi connectivity index (χ1v) is 5.58. The quantitative estimate of drug-likeness (QED) is 0.607. The van der Waals surface area contributed by atoms with Gasteiger partial charge in [0.15, 0.2) is 0 Å². The molecule has 0 bridgehead atoms. The molecule has 0 saturated heterocycles. The van der Waals surface area contributed by atoms with Crippen LogP contribution in [0.5, 0.6) is 0 Å².